The highest BCUT2D eigenvalue weighted by molar-refractivity contribution is 8.18. The monoisotopic (exact) mass is 581 g/mol. The number of alkyl halides is 3. The number of fused-ring (bicyclic) bond motifs is 1. The van der Waals surface area contributed by atoms with Gasteiger partial charge in [-0.3, -0.25) is 19.2 Å². The highest BCUT2D eigenvalue weighted by Crippen LogP contribution is 2.36. The van der Waals surface area contributed by atoms with Crippen LogP contribution in [-0.4, -0.2) is 55.2 Å². The molecule has 0 radical (unpaired) electrons. The predicted octanol–water partition coefficient (Wildman–Crippen LogP) is 6.06. The maximum Gasteiger partial charge on any atom is 0.416 e. The third kappa shape index (κ3) is 6.45. The van der Waals surface area contributed by atoms with Crippen molar-refractivity contribution in [1.82, 2.24) is 14.7 Å². The molecule has 1 aliphatic rings. The zero-order valence-electron chi connectivity index (χ0n) is 21.0. The number of ether oxygens (including phenoxy) is 1. The van der Waals surface area contributed by atoms with E-state index in [1.165, 1.54) is 29.1 Å². The lowest BCUT2D eigenvalue weighted by atomic mass is 10.1. The van der Waals surface area contributed by atoms with Gasteiger partial charge in [0.2, 0.25) is 0 Å². The molecule has 1 saturated heterocycles. The topological polar surface area (TPSA) is 102 Å². The van der Waals surface area contributed by atoms with Crippen molar-refractivity contribution in [2.45, 2.75) is 45.1 Å². The summed E-state index contributed by atoms with van der Waals surface area (Å²) in [5.41, 5.74) is -0.453. The second kappa shape index (κ2) is 10.7. The molecule has 2 amide bonds. The van der Waals surface area contributed by atoms with Crippen LogP contribution in [-0.2, 0) is 27.0 Å². The van der Waals surface area contributed by atoms with Crippen LogP contribution in [0, 0.1) is 0 Å². The summed E-state index contributed by atoms with van der Waals surface area (Å²) >= 11 is 6.38. The number of nitrogens with zero attached hydrogens (tertiary/aromatic N) is 3. The van der Waals surface area contributed by atoms with Crippen molar-refractivity contribution >= 4 is 57.5 Å². The highest BCUT2D eigenvalue weighted by atomic mass is 35.5. The first-order valence-corrected chi connectivity index (χ1v) is 12.8. The summed E-state index contributed by atoms with van der Waals surface area (Å²) in [5.74, 6) is -2.13. The number of hydrogen-bond acceptors (Lipinski definition) is 6. The average Bonchev–Trinajstić information content (AvgIpc) is 3.34. The summed E-state index contributed by atoms with van der Waals surface area (Å²) in [7, 11) is 0. The Balaban J connectivity index is 1.58. The van der Waals surface area contributed by atoms with E-state index in [0.29, 0.717) is 33.1 Å². The number of benzene rings is 2. The number of imide groups is 1. The Morgan fingerprint density at radius 3 is 2.54 bits per heavy atom. The number of aliphatic carboxylic acids is 1. The lowest BCUT2D eigenvalue weighted by molar-refractivity contribution is -0.150. The van der Waals surface area contributed by atoms with Gasteiger partial charge in [-0.25, -0.2) is 4.79 Å². The molecule has 39 heavy (non-hydrogen) atoms. The van der Waals surface area contributed by atoms with Gasteiger partial charge in [-0.15, -0.1) is 0 Å². The third-order valence-corrected chi connectivity index (χ3v) is 6.87. The zero-order chi connectivity index (χ0) is 28.7. The van der Waals surface area contributed by atoms with E-state index in [1.807, 2.05) is 0 Å². The van der Waals surface area contributed by atoms with Crippen LogP contribution in [0.5, 0.6) is 0 Å². The summed E-state index contributed by atoms with van der Waals surface area (Å²) in [4.78, 5) is 38.1. The molecule has 3 aromatic rings. The van der Waals surface area contributed by atoms with Crippen LogP contribution in [0.3, 0.4) is 0 Å². The molecule has 0 spiro atoms. The fourth-order valence-corrected chi connectivity index (χ4v) is 4.97. The van der Waals surface area contributed by atoms with Gasteiger partial charge in [0, 0.05) is 10.4 Å². The Hall–Kier alpha value is -3.35. The number of thioether (sulfide) groups is 1. The second-order valence-corrected chi connectivity index (χ2v) is 11.2. The quantitative estimate of drug-likeness (QED) is 0.338. The SMILES string of the molecule is CC(C)(C)OC[C@H](C(=O)O)N1C(=O)SC(=Cc2ccc3c(cnn3Cc3ccc(Cl)cc3C(F)(F)F)c2)C1=O. The van der Waals surface area contributed by atoms with Crippen molar-refractivity contribution in [2.75, 3.05) is 6.61 Å². The number of carboxylic acids is 1. The van der Waals surface area contributed by atoms with Crippen molar-refractivity contribution in [1.29, 1.82) is 0 Å². The maximum absolute atomic E-state index is 13.5. The summed E-state index contributed by atoms with van der Waals surface area (Å²) in [5, 5.41) is 13.7. The third-order valence-electron chi connectivity index (χ3n) is 5.76. The first-order chi connectivity index (χ1) is 18.1. The minimum Gasteiger partial charge on any atom is -0.480 e. The standard InChI is InChI=1S/C26H23ClF3N3O5S/c1-25(2,3)38-13-20(23(35)36)33-22(34)21(39-24(33)37)9-14-4-7-19-16(8-14)11-31-32(19)12-15-5-6-17(27)10-18(15)26(28,29)30/h4-11,20H,12-13H2,1-3H3,(H,35,36)/t20-/m1/s1. The van der Waals surface area contributed by atoms with Crippen LogP contribution in [0.2, 0.25) is 5.02 Å². The summed E-state index contributed by atoms with van der Waals surface area (Å²) < 4.78 is 47.4. The van der Waals surface area contributed by atoms with E-state index in [4.69, 9.17) is 16.3 Å². The molecule has 1 aliphatic heterocycles. The molecule has 0 aliphatic carbocycles. The van der Waals surface area contributed by atoms with Gasteiger partial charge in [-0.2, -0.15) is 18.3 Å². The van der Waals surface area contributed by atoms with Crippen LogP contribution in [0.15, 0.2) is 47.5 Å². The van der Waals surface area contributed by atoms with Gasteiger partial charge in [0.15, 0.2) is 6.04 Å². The van der Waals surface area contributed by atoms with Crippen molar-refractivity contribution in [3.63, 3.8) is 0 Å². The molecule has 0 unspecified atom stereocenters. The van der Waals surface area contributed by atoms with Crippen LogP contribution in [0.4, 0.5) is 18.0 Å². The Labute approximate surface area is 230 Å². The number of halogens is 4. The van der Waals surface area contributed by atoms with Gasteiger partial charge in [-0.1, -0.05) is 23.7 Å². The molecule has 0 bridgehead atoms. The van der Waals surface area contributed by atoms with Crippen molar-refractivity contribution in [3.8, 4) is 0 Å². The van der Waals surface area contributed by atoms with Crippen LogP contribution in [0.1, 0.15) is 37.5 Å². The molecule has 4 rings (SSSR count). The number of carboxylic acid groups (broad SMARTS) is 1. The number of amides is 2. The Kier molecular flexibility index (Phi) is 7.84. The summed E-state index contributed by atoms with van der Waals surface area (Å²) in [6.07, 6.45) is -1.66. The van der Waals surface area contributed by atoms with E-state index in [0.717, 1.165) is 6.07 Å². The van der Waals surface area contributed by atoms with E-state index < -0.39 is 40.5 Å². The van der Waals surface area contributed by atoms with Gasteiger partial charge in [-0.05, 0) is 74.0 Å². The normalized spacial score (nSPS) is 16.5. The largest absolute Gasteiger partial charge is 0.480 e. The van der Waals surface area contributed by atoms with Crippen molar-refractivity contribution in [2.24, 2.45) is 0 Å². The fourth-order valence-electron chi connectivity index (χ4n) is 3.92. The smallest absolute Gasteiger partial charge is 0.416 e. The number of carbonyl (C=O) groups is 3. The lowest BCUT2D eigenvalue weighted by Gasteiger charge is -2.26. The molecule has 2 heterocycles. The minimum atomic E-state index is -4.59. The van der Waals surface area contributed by atoms with Gasteiger partial charge < -0.3 is 9.84 Å². The second-order valence-electron chi connectivity index (χ2n) is 9.75. The van der Waals surface area contributed by atoms with Crippen molar-refractivity contribution in [3.05, 3.63) is 69.2 Å². The zero-order valence-corrected chi connectivity index (χ0v) is 22.5. The molecular weight excluding hydrogens is 559 g/mol. The number of hydrogen-bond donors (Lipinski definition) is 1. The molecule has 8 nitrogen and oxygen atoms in total. The number of carbonyl (C=O) groups excluding carboxylic acids is 2. The Bertz CT molecular complexity index is 1500. The van der Waals surface area contributed by atoms with Crippen LogP contribution in [0.25, 0.3) is 17.0 Å². The van der Waals surface area contributed by atoms with E-state index >= 15 is 0 Å². The van der Waals surface area contributed by atoms with Crippen molar-refractivity contribution < 1.29 is 37.4 Å². The van der Waals surface area contributed by atoms with Crippen LogP contribution < -0.4 is 0 Å². The van der Waals surface area contributed by atoms with E-state index in [-0.39, 0.29) is 28.6 Å². The fraction of sp³-hybridized carbons (Fsp3) is 0.308. The molecule has 2 aromatic carbocycles. The molecular formula is C26H23ClF3N3O5S. The Morgan fingerprint density at radius 1 is 1.18 bits per heavy atom. The van der Waals surface area contributed by atoms with E-state index in [9.17, 15) is 32.7 Å². The Morgan fingerprint density at radius 2 is 1.90 bits per heavy atom. The molecule has 1 aromatic heterocycles. The molecule has 1 fully saturated rings. The minimum absolute atomic E-state index is 0.00178. The molecule has 1 atom stereocenters. The van der Waals surface area contributed by atoms with Gasteiger partial charge in [0.1, 0.15) is 0 Å². The molecule has 206 valence electrons. The lowest BCUT2D eigenvalue weighted by Crippen LogP contribution is -2.48. The van der Waals surface area contributed by atoms with E-state index in [2.05, 4.69) is 5.10 Å². The maximum atomic E-state index is 13.5. The summed E-state index contributed by atoms with van der Waals surface area (Å²) in [6, 6.07) is 7.00. The van der Waals surface area contributed by atoms with Crippen LogP contribution >= 0.6 is 23.4 Å². The summed E-state index contributed by atoms with van der Waals surface area (Å²) in [6.45, 7) is 4.66. The molecule has 1 N–H and O–H groups in total. The first kappa shape index (κ1) is 28.7. The molecule has 0 saturated carbocycles. The van der Waals surface area contributed by atoms with Gasteiger partial charge >= 0.3 is 12.1 Å². The number of rotatable bonds is 7. The average molecular weight is 582 g/mol. The predicted molar refractivity (Wildman–Crippen MR) is 140 cm³/mol. The first-order valence-electron chi connectivity index (χ1n) is 11.6. The van der Waals surface area contributed by atoms with Gasteiger partial charge in [0.25, 0.3) is 11.1 Å². The van der Waals surface area contributed by atoms with E-state index in [1.54, 1.807) is 39.0 Å². The number of aromatic nitrogens is 2. The highest BCUT2D eigenvalue weighted by Gasteiger charge is 2.43. The van der Waals surface area contributed by atoms with Gasteiger partial charge in [0.05, 0.1) is 40.9 Å². The molecule has 13 heteroatoms.